The molecule has 7 nitrogen and oxygen atoms in total. The van der Waals surface area contributed by atoms with Gasteiger partial charge in [0.25, 0.3) is 5.91 Å². The van der Waals surface area contributed by atoms with Crippen LogP contribution < -0.4 is 16.8 Å². The summed E-state index contributed by atoms with van der Waals surface area (Å²) in [7, 11) is 0. The van der Waals surface area contributed by atoms with Crippen LogP contribution in [0.25, 0.3) is 0 Å². The molecule has 0 atom stereocenters. The van der Waals surface area contributed by atoms with Crippen LogP contribution in [0.3, 0.4) is 0 Å². The van der Waals surface area contributed by atoms with Gasteiger partial charge in [0.2, 0.25) is 5.91 Å². The molecule has 98 valence electrons. The molecule has 0 radical (unpaired) electrons. The Morgan fingerprint density at radius 1 is 1.39 bits per heavy atom. The fourth-order valence-electron chi connectivity index (χ4n) is 1.18. The second kappa shape index (κ2) is 7.36. The van der Waals surface area contributed by atoms with Crippen LogP contribution in [0.15, 0.2) is 18.3 Å². The van der Waals surface area contributed by atoms with Crippen LogP contribution in [0.5, 0.6) is 0 Å². The first-order valence-electron chi connectivity index (χ1n) is 5.42. The molecule has 0 fully saturated rings. The number of nitrogens with two attached hydrogens (primary N) is 2. The van der Waals surface area contributed by atoms with Gasteiger partial charge in [-0.25, -0.2) is 0 Å². The van der Waals surface area contributed by atoms with Crippen molar-refractivity contribution in [2.75, 3.05) is 19.8 Å². The predicted octanol–water partition coefficient (Wildman–Crippen LogP) is -1.23. The number of hydrogen-bond donors (Lipinski definition) is 3. The number of primary amides is 1. The molecule has 0 unspecified atom stereocenters. The minimum absolute atomic E-state index is 0.153. The average Bonchev–Trinajstić information content (AvgIpc) is 2.38. The highest BCUT2D eigenvalue weighted by Crippen LogP contribution is 1.98. The highest BCUT2D eigenvalue weighted by molar-refractivity contribution is 5.92. The Hall–Kier alpha value is -1.99. The van der Waals surface area contributed by atoms with Gasteiger partial charge in [0, 0.05) is 19.3 Å². The number of carbonyl (C=O) groups is 2. The molecule has 0 bridgehead atoms. The molecule has 5 N–H and O–H groups in total. The fourth-order valence-corrected chi connectivity index (χ4v) is 1.18. The van der Waals surface area contributed by atoms with E-state index >= 15 is 0 Å². The van der Waals surface area contributed by atoms with Crippen molar-refractivity contribution in [3.05, 3.63) is 29.6 Å². The molecule has 0 aliphatic heterocycles. The third-order valence-corrected chi connectivity index (χ3v) is 2.07. The molecule has 7 heteroatoms. The Bertz CT molecular complexity index is 405. The van der Waals surface area contributed by atoms with E-state index < -0.39 is 5.91 Å². The molecule has 0 saturated heterocycles. The van der Waals surface area contributed by atoms with E-state index in [1.54, 1.807) is 18.3 Å². The molecular weight excluding hydrogens is 236 g/mol. The highest BCUT2D eigenvalue weighted by Gasteiger charge is 2.05. The van der Waals surface area contributed by atoms with E-state index in [0.29, 0.717) is 12.2 Å². The van der Waals surface area contributed by atoms with Gasteiger partial charge < -0.3 is 21.5 Å². The van der Waals surface area contributed by atoms with Crippen LogP contribution in [-0.2, 0) is 16.1 Å². The minimum Gasteiger partial charge on any atom is -0.370 e. The van der Waals surface area contributed by atoms with Gasteiger partial charge in [0.15, 0.2) is 0 Å². The lowest BCUT2D eigenvalue weighted by molar-refractivity contribution is -0.122. The van der Waals surface area contributed by atoms with Gasteiger partial charge in [0.05, 0.1) is 6.61 Å². The van der Waals surface area contributed by atoms with Gasteiger partial charge in [-0.3, -0.25) is 14.6 Å². The Labute approximate surface area is 105 Å². The van der Waals surface area contributed by atoms with E-state index in [-0.39, 0.29) is 25.7 Å². The first-order valence-corrected chi connectivity index (χ1v) is 5.42. The van der Waals surface area contributed by atoms with Crippen molar-refractivity contribution in [2.45, 2.75) is 6.54 Å². The maximum atomic E-state index is 11.6. The van der Waals surface area contributed by atoms with E-state index in [1.165, 1.54) is 0 Å². The van der Waals surface area contributed by atoms with Crippen LogP contribution in [0.1, 0.15) is 16.1 Å². The summed E-state index contributed by atoms with van der Waals surface area (Å²) >= 11 is 0. The second-order valence-electron chi connectivity index (χ2n) is 3.53. The molecular formula is C11H16N4O3. The van der Waals surface area contributed by atoms with Crippen molar-refractivity contribution < 1.29 is 14.3 Å². The third-order valence-electron chi connectivity index (χ3n) is 2.07. The van der Waals surface area contributed by atoms with Crippen molar-refractivity contribution in [3.63, 3.8) is 0 Å². The van der Waals surface area contributed by atoms with Gasteiger partial charge in [0.1, 0.15) is 12.3 Å². The van der Waals surface area contributed by atoms with Crippen LogP contribution in [-0.4, -0.2) is 36.6 Å². The summed E-state index contributed by atoms with van der Waals surface area (Å²) in [5, 5.41) is 2.60. The number of hydrogen-bond acceptors (Lipinski definition) is 5. The van der Waals surface area contributed by atoms with Crippen molar-refractivity contribution >= 4 is 11.8 Å². The molecule has 0 spiro atoms. The van der Waals surface area contributed by atoms with E-state index in [9.17, 15) is 9.59 Å². The van der Waals surface area contributed by atoms with E-state index in [1.807, 2.05) is 0 Å². The topological polar surface area (TPSA) is 120 Å². The summed E-state index contributed by atoms with van der Waals surface area (Å²) in [5.41, 5.74) is 11.5. The fraction of sp³-hybridized carbons (Fsp3) is 0.364. The monoisotopic (exact) mass is 252 g/mol. The van der Waals surface area contributed by atoms with Gasteiger partial charge in [-0.1, -0.05) is 6.07 Å². The summed E-state index contributed by atoms with van der Waals surface area (Å²) in [5.74, 6) is -0.846. The van der Waals surface area contributed by atoms with Crippen LogP contribution >= 0.6 is 0 Å². The molecule has 2 amide bonds. The molecule has 1 aromatic rings. The normalized spacial score (nSPS) is 10.1. The number of amides is 2. The van der Waals surface area contributed by atoms with Crippen molar-refractivity contribution in [2.24, 2.45) is 11.5 Å². The summed E-state index contributed by atoms with van der Waals surface area (Å²) < 4.78 is 4.89. The van der Waals surface area contributed by atoms with E-state index in [0.717, 1.165) is 5.56 Å². The molecule has 1 aromatic heterocycles. The number of nitrogens with one attached hydrogen (secondary N) is 1. The zero-order chi connectivity index (χ0) is 13.4. The summed E-state index contributed by atoms with van der Waals surface area (Å²) in [6.07, 6.45) is 1.55. The third kappa shape index (κ3) is 4.89. The number of ether oxygens (including phenoxy) is 1. The van der Waals surface area contributed by atoms with Crippen LogP contribution in [0.4, 0.5) is 0 Å². The Morgan fingerprint density at radius 3 is 2.72 bits per heavy atom. The van der Waals surface area contributed by atoms with E-state index in [4.69, 9.17) is 16.2 Å². The molecule has 0 aromatic carbocycles. The standard InChI is InChI=1S/C11H16N4O3/c12-5-8-1-2-9(15-6-8)11(17)14-3-4-18-7-10(13)16/h1-2,6H,3-5,7,12H2,(H2,13,16)(H,14,17). The van der Waals surface area contributed by atoms with Crippen LogP contribution in [0.2, 0.25) is 0 Å². The first kappa shape index (κ1) is 14.1. The second-order valence-corrected chi connectivity index (χ2v) is 3.53. The lowest BCUT2D eigenvalue weighted by Gasteiger charge is -2.05. The predicted molar refractivity (Wildman–Crippen MR) is 64.5 cm³/mol. The van der Waals surface area contributed by atoms with Gasteiger partial charge in [-0.15, -0.1) is 0 Å². The average molecular weight is 252 g/mol. The SMILES string of the molecule is NCc1ccc(C(=O)NCCOCC(N)=O)nc1. The maximum absolute atomic E-state index is 11.6. The lowest BCUT2D eigenvalue weighted by Crippen LogP contribution is -2.29. The van der Waals surface area contributed by atoms with Gasteiger partial charge in [-0.2, -0.15) is 0 Å². The molecule has 0 saturated carbocycles. The number of carbonyl (C=O) groups excluding carboxylic acids is 2. The number of aromatic nitrogens is 1. The smallest absolute Gasteiger partial charge is 0.269 e. The number of rotatable bonds is 7. The number of nitrogens with zero attached hydrogens (tertiary/aromatic N) is 1. The quantitative estimate of drug-likeness (QED) is 0.525. The Balaban J connectivity index is 2.29. The molecule has 18 heavy (non-hydrogen) atoms. The summed E-state index contributed by atoms with van der Waals surface area (Å²) in [6, 6.07) is 3.34. The molecule has 1 rings (SSSR count). The highest BCUT2D eigenvalue weighted by atomic mass is 16.5. The molecule has 1 heterocycles. The largest absolute Gasteiger partial charge is 0.370 e. The first-order chi connectivity index (χ1) is 8.63. The molecule has 0 aliphatic carbocycles. The lowest BCUT2D eigenvalue weighted by atomic mass is 10.2. The van der Waals surface area contributed by atoms with Crippen molar-refractivity contribution in [1.82, 2.24) is 10.3 Å². The number of pyridine rings is 1. The zero-order valence-corrected chi connectivity index (χ0v) is 9.89. The van der Waals surface area contributed by atoms with Crippen molar-refractivity contribution in [3.8, 4) is 0 Å². The van der Waals surface area contributed by atoms with Gasteiger partial charge in [-0.05, 0) is 11.6 Å². The van der Waals surface area contributed by atoms with Crippen LogP contribution in [0, 0.1) is 0 Å². The van der Waals surface area contributed by atoms with Gasteiger partial charge >= 0.3 is 0 Å². The Morgan fingerprint density at radius 2 is 2.17 bits per heavy atom. The Kier molecular flexibility index (Phi) is 5.75. The summed E-state index contributed by atoms with van der Waals surface area (Å²) in [6.45, 7) is 0.733. The zero-order valence-electron chi connectivity index (χ0n) is 9.89. The maximum Gasteiger partial charge on any atom is 0.269 e. The van der Waals surface area contributed by atoms with Crippen molar-refractivity contribution in [1.29, 1.82) is 0 Å². The minimum atomic E-state index is -0.541. The van der Waals surface area contributed by atoms with E-state index in [2.05, 4.69) is 10.3 Å². The molecule has 0 aliphatic rings. The summed E-state index contributed by atoms with van der Waals surface area (Å²) in [4.78, 5) is 25.9.